The van der Waals surface area contributed by atoms with Crippen molar-refractivity contribution in [3.8, 4) is 5.75 Å². The van der Waals surface area contributed by atoms with Crippen LogP contribution in [0.5, 0.6) is 5.75 Å². The van der Waals surface area contributed by atoms with Crippen LogP contribution in [0, 0.1) is 5.92 Å². The zero-order valence-electron chi connectivity index (χ0n) is 12.6. The Morgan fingerprint density at radius 1 is 1.18 bits per heavy atom. The molecule has 22 heavy (non-hydrogen) atoms. The Morgan fingerprint density at radius 3 is 2.77 bits per heavy atom. The van der Waals surface area contributed by atoms with Gasteiger partial charge in [0.25, 0.3) is 0 Å². The lowest BCUT2D eigenvalue weighted by Gasteiger charge is -2.47. The van der Waals surface area contributed by atoms with Crippen molar-refractivity contribution in [1.29, 1.82) is 0 Å². The molecule has 4 heteroatoms. The summed E-state index contributed by atoms with van der Waals surface area (Å²) < 4.78 is 19.0. The summed E-state index contributed by atoms with van der Waals surface area (Å²) in [6.07, 6.45) is 6.00. The molecule has 0 amide bonds. The summed E-state index contributed by atoms with van der Waals surface area (Å²) in [6, 6.07) is 6.37. The third-order valence-corrected chi connectivity index (χ3v) is 6.05. The molecule has 1 aromatic carbocycles. The standard InChI is InChI=1S/C18H21BrO3/c1-2-17-6-7-18(21-9-10-22-18)12-13(17)5-8-20-16-11-14(19)3-4-15(16)17/h2-4,11,13H,1,5-10,12H2/t13-,17+/m1/s1. The van der Waals surface area contributed by atoms with Crippen molar-refractivity contribution in [2.45, 2.75) is 36.9 Å². The van der Waals surface area contributed by atoms with Crippen molar-refractivity contribution in [1.82, 2.24) is 0 Å². The SMILES string of the molecule is C=C[C@]12CCC3(C[C@H]1CCOc1cc(Br)ccc12)OCCO3. The molecule has 4 rings (SSSR count). The molecule has 1 saturated carbocycles. The zero-order chi connectivity index (χ0) is 15.2. The van der Waals surface area contributed by atoms with E-state index in [1.54, 1.807) is 0 Å². The van der Waals surface area contributed by atoms with E-state index in [9.17, 15) is 0 Å². The molecule has 0 N–H and O–H groups in total. The highest BCUT2D eigenvalue weighted by Crippen LogP contribution is 2.55. The van der Waals surface area contributed by atoms with Crippen molar-refractivity contribution in [2.75, 3.05) is 19.8 Å². The summed E-state index contributed by atoms with van der Waals surface area (Å²) in [5.74, 6) is 1.07. The number of halogens is 1. The van der Waals surface area contributed by atoms with Crippen LogP contribution in [-0.4, -0.2) is 25.6 Å². The predicted octanol–water partition coefficient (Wildman–Crippen LogP) is 4.20. The van der Waals surface area contributed by atoms with Gasteiger partial charge in [0, 0.05) is 28.3 Å². The van der Waals surface area contributed by atoms with E-state index in [1.165, 1.54) is 5.56 Å². The summed E-state index contributed by atoms with van der Waals surface area (Å²) in [4.78, 5) is 0. The number of benzene rings is 1. The lowest BCUT2D eigenvalue weighted by Crippen LogP contribution is -2.47. The van der Waals surface area contributed by atoms with Gasteiger partial charge in [-0.3, -0.25) is 0 Å². The molecule has 118 valence electrons. The molecule has 3 nitrogen and oxygen atoms in total. The molecule has 3 aliphatic rings. The first-order valence-corrected chi connectivity index (χ1v) is 8.81. The average molecular weight is 365 g/mol. The van der Waals surface area contributed by atoms with E-state index in [2.05, 4.69) is 46.8 Å². The van der Waals surface area contributed by atoms with Crippen LogP contribution in [0.1, 0.15) is 31.2 Å². The molecule has 0 bridgehead atoms. The van der Waals surface area contributed by atoms with Gasteiger partial charge < -0.3 is 14.2 Å². The van der Waals surface area contributed by atoms with Gasteiger partial charge in [-0.15, -0.1) is 6.58 Å². The van der Waals surface area contributed by atoms with Crippen molar-refractivity contribution < 1.29 is 14.2 Å². The van der Waals surface area contributed by atoms with E-state index in [0.29, 0.717) is 19.1 Å². The van der Waals surface area contributed by atoms with Gasteiger partial charge in [0.15, 0.2) is 5.79 Å². The topological polar surface area (TPSA) is 27.7 Å². The molecule has 2 aliphatic heterocycles. The van der Waals surface area contributed by atoms with Crippen LogP contribution in [0.3, 0.4) is 0 Å². The summed E-state index contributed by atoms with van der Waals surface area (Å²) in [5, 5.41) is 0. The molecule has 1 saturated heterocycles. The van der Waals surface area contributed by atoms with E-state index >= 15 is 0 Å². The maximum Gasteiger partial charge on any atom is 0.168 e. The molecule has 0 radical (unpaired) electrons. The summed E-state index contributed by atoms with van der Waals surface area (Å²) in [5.41, 5.74) is 1.23. The Labute approximate surface area is 139 Å². The first kappa shape index (κ1) is 14.7. The lowest BCUT2D eigenvalue weighted by atomic mass is 9.60. The minimum atomic E-state index is -0.364. The van der Waals surface area contributed by atoms with E-state index in [4.69, 9.17) is 14.2 Å². The third kappa shape index (κ3) is 2.15. The molecule has 0 aromatic heterocycles. The van der Waals surface area contributed by atoms with Crippen LogP contribution < -0.4 is 4.74 Å². The molecule has 2 fully saturated rings. The molecule has 2 atom stereocenters. The Balaban J connectivity index is 1.77. The fourth-order valence-corrected chi connectivity index (χ4v) is 4.76. The van der Waals surface area contributed by atoms with Gasteiger partial charge in [-0.2, -0.15) is 0 Å². The number of rotatable bonds is 1. The number of hydrogen-bond acceptors (Lipinski definition) is 3. The first-order valence-electron chi connectivity index (χ1n) is 8.02. The minimum absolute atomic E-state index is 0.0346. The summed E-state index contributed by atoms with van der Waals surface area (Å²) in [7, 11) is 0. The van der Waals surface area contributed by atoms with E-state index in [1.807, 2.05) is 0 Å². The van der Waals surface area contributed by atoms with Gasteiger partial charge in [-0.1, -0.05) is 28.1 Å². The number of ether oxygens (including phenoxy) is 3. The van der Waals surface area contributed by atoms with Crippen LogP contribution >= 0.6 is 15.9 Å². The van der Waals surface area contributed by atoms with Gasteiger partial charge in [0.1, 0.15) is 5.75 Å². The molecule has 2 heterocycles. The quantitative estimate of drug-likeness (QED) is 0.699. The molecular formula is C18H21BrO3. The average Bonchev–Trinajstić information content (AvgIpc) is 2.90. The molecule has 1 spiro atoms. The summed E-state index contributed by atoms with van der Waals surface area (Å²) >= 11 is 3.55. The fourth-order valence-electron chi connectivity index (χ4n) is 4.42. The second-order valence-corrected chi connectivity index (χ2v) is 7.45. The third-order valence-electron chi connectivity index (χ3n) is 5.55. The Bertz CT molecular complexity index is 594. The van der Waals surface area contributed by atoms with Gasteiger partial charge >= 0.3 is 0 Å². The van der Waals surface area contributed by atoms with Gasteiger partial charge in [0.05, 0.1) is 19.8 Å². The number of fused-ring (bicyclic) bond motifs is 3. The Morgan fingerprint density at radius 2 is 2.00 bits per heavy atom. The van der Waals surface area contributed by atoms with E-state index < -0.39 is 0 Å². The van der Waals surface area contributed by atoms with E-state index in [0.717, 1.165) is 42.5 Å². The van der Waals surface area contributed by atoms with Crippen LogP contribution in [0.4, 0.5) is 0 Å². The smallest absolute Gasteiger partial charge is 0.168 e. The maximum atomic E-state index is 6.04. The monoisotopic (exact) mass is 364 g/mol. The second-order valence-electron chi connectivity index (χ2n) is 6.53. The maximum absolute atomic E-state index is 6.04. The van der Waals surface area contributed by atoms with Gasteiger partial charge in [-0.05, 0) is 30.9 Å². The zero-order valence-corrected chi connectivity index (χ0v) is 14.2. The highest BCUT2D eigenvalue weighted by atomic mass is 79.9. The van der Waals surface area contributed by atoms with Crippen LogP contribution in [-0.2, 0) is 14.9 Å². The lowest BCUT2D eigenvalue weighted by molar-refractivity contribution is -0.195. The largest absolute Gasteiger partial charge is 0.493 e. The summed E-state index contributed by atoms with van der Waals surface area (Å²) in [6.45, 7) is 6.36. The normalized spacial score (nSPS) is 32.7. The highest BCUT2D eigenvalue weighted by molar-refractivity contribution is 9.10. The van der Waals surface area contributed by atoms with Gasteiger partial charge in [-0.25, -0.2) is 0 Å². The van der Waals surface area contributed by atoms with Crippen LogP contribution in [0.25, 0.3) is 0 Å². The Kier molecular flexibility index (Phi) is 3.59. The van der Waals surface area contributed by atoms with Crippen molar-refractivity contribution in [2.24, 2.45) is 5.92 Å². The predicted molar refractivity (Wildman–Crippen MR) is 88.1 cm³/mol. The highest BCUT2D eigenvalue weighted by Gasteiger charge is 2.52. The van der Waals surface area contributed by atoms with Crippen LogP contribution in [0.15, 0.2) is 35.3 Å². The second kappa shape index (κ2) is 5.36. The fraction of sp³-hybridized carbons (Fsp3) is 0.556. The molecule has 0 unspecified atom stereocenters. The van der Waals surface area contributed by atoms with Crippen LogP contribution in [0.2, 0.25) is 0 Å². The number of allylic oxidation sites excluding steroid dienone is 1. The van der Waals surface area contributed by atoms with Crippen molar-refractivity contribution in [3.05, 3.63) is 40.9 Å². The van der Waals surface area contributed by atoms with Gasteiger partial charge in [0.2, 0.25) is 0 Å². The number of hydrogen-bond donors (Lipinski definition) is 0. The first-order chi connectivity index (χ1) is 10.7. The molecular weight excluding hydrogens is 344 g/mol. The molecule has 1 aliphatic carbocycles. The molecule has 1 aromatic rings. The Hall–Kier alpha value is -0.840. The van der Waals surface area contributed by atoms with Crippen molar-refractivity contribution in [3.63, 3.8) is 0 Å². The van der Waals surface area contributed by atoms with E-state index in [-0.39, 0.29) is 11.2 Å². The van der Waals surface area contributed by atoms with Crippen molar-refractivity contribution >= 4 is 15.9 Å². The minimum Gasteiger partial charge on any atom is -0.493 e.